The van der Waals surface area contributed by atoms with E-state index in [1.165, 1.54) is 0 Å². The number of aromatic nitrogens is 1. The molecule has 5 nitrogen and oxygen atoms in total. The molecular formula is C12H19N3O2. The van der Waals surface area contributed by atoms with Crippen LogP contribution >= 0.6 is 0 Å². The van der Waals surface area contributed by atoms with Gasteiger partial charge >= 0.3 is 0 Å². The summed E-state index contributed by atoms with van der Waals surface area (Å²) in [7, 11) is 1.88. The molecule has 2 unspecified atom stereocenters. The van der Waals surface area contributed by atoms with Gasteiger partial charge in [-0.3, -0.25) is 4.98 Å². The van der Waals surface area contributed by atoms with Crippen molar-refractivity contribution in [3.05, 3.63) is 18.5 Å². The lowest BCUT2D eigenvalue weighted by Crippen LogP contribution is -2.49. The fraction of sp³-hybridized carbons (Fsp3) is 0.583. The molecule has 0 amide bonds. The van der Waals surface area contributed by atoms with Gasteiger partial charge in [0, 0.05) is 19.6 Å². The van der Waals surface area contributed by atoms with Gasteiger partial charge in [0.25, 0.3) is 0 Å². The molecular weight excluding hydrogens is 218 g/mol. The van der Waals surface area contributed by atoms with Crippen molar-refractivity contribution in [1.82, 2.24) is 4.98 Å². The summed E-state index contributed by atoms with van der Waals surface area (Å²) in [5, 5.41) is 12.2. The monoisotopic (exact) mass is 237 g/mol. The average Bonchev–Trinajstić information content (AvgIpc) is 2.39. The molecule has 0 bridgehead atoms. The minimum absolute atomic E-state index is 0.0579. The molecule has 1 aromatic heterocycles. The third-order valence-electron chi connectivity index (χ3n) is 3.05. The topological polar surface area (TPSA) is 57.6 Å². The second-order valence-electron chi connectivity index (χ2n) is 4.32. The van der Waals surface area contributed by atoms with Crippen LogP contribution in [0.4, 0.5) is 11.4 Å². The second-order valence-corrected chi connectivity index (χ2v) is 4.32. The van der Waals surface area contributed by atoms with Gasteiger partial charge in [-0.25, -0.2) is 0 Å². The van der Waals surface area contributed by atoms with Gasteiger partial charge in [-0.2, -0.15) is 0 Å². The Morgan fingerprint density at radius 2 is 2.41 bits per heavy atom. The maximum Gasteiger partial charge on any atom is 0.0981 e. The molecule has 1 aromatic rings. The highest BCUT2D eigenvalue weighted by Gasteiger charge is 2.26. The van der Waals surface area contributed by atoms with Gasteiger partial charge in [-0.05, 0) is 13.0 Å². The Labute approximate surface area is 101 Å². The standard InChI is InChI=1S/C12H19N3O2/c1-9-8-17-12(7-16)6-15(9)11-3-10(13-2)4-14-5-11/h3-5,9,12-13,16H,6-8H2,1-2H3. The lowest BCUT2D eigenvalue weighted by molar-refractivity contribution is -0.0103. The molecule has 0 saturated carbocycles. The number of aliphatic hydroxyl groups is 1. The van der Waals surface area contributed by atoms with Crippen LogP contribution in [0.15, 0.2) is 18.5 Å². The van der Waals surface area contributed by atoms with Gasteiger partial charge in [0.2, 0.25) is 0 Å². The predicted octanol–water partition coefficient (Wildman–Crippen LogP) is 0.709. The minimum atomic E-state index is -0.107. The molecule has 1 fully saturated rings. The normalized spacial score (nSPS) is 24.8. The Bertz CT molecular complexity index is 373. The van der Waals surface area contributed by atoms with Crippen LogP contribution in [0.3, 0.4) is 0 Å². The van der Waals surface area contributed by atoms with Crippen molar-refractivity contribution in [2.24, 2.45) is 0 Å². The highest BCUT2D eigenvalue weighted by atomic mass is 16.5. The number of hydrogen-bond acceptors (Lipinski definition) is 5. The number of nitrogens with zero attached hydrogens (tertiary/aromatic N) is 2. The zero-order chi connectivity index (χ0) is 12.3. The van der Waals surface area contributed by atoms with Gasteiger partial charge in [0.1, 0.15) is 0 Å². The molecule has 2 atom stereocenters. The van der Waals surface area contributed by atoms with Crippen LogP contribution in [-0.4, -0.2) is 49.0 Å². The highest BCUT2D eigenvalue weighted by molar-refractivity contribution is 5.56. The maximum absolute atomic E-state index is 9.16. The molecule has 94 valence electrons. The van der Waals surface area contributed by atoms with E-state index in [0.717, 1.165) is 11.4 Å². The highest BCUT2D eigenvalue weighted by Crippen LogP contribution is 2.23. The van der Waals surface area contributed by atoms with Crippen molar-refractivity contribution in [3.8, 4) is 0 Å². The zero-order valence-electron chi connectivity index (χ0n) is 10.3. The molecule has 0 radical (unpaired) electrons. The lowest BCUT2D eigenvalue weighted by atomic mass is 10.2. The van der Waals surface area contributed by atoms with Crippen LogP contribution < -0.4 is 10.2 Å². The van der Waals surface area contributed by atoms with E-state index in [1.54, 1.807) is 6.20 Å². The third-order valence-corrected chi connectivity index (χ3v) is 3.05. The van der Waals surface area contributed by atoms with Gasteiger partial charge in [-0.1, -0.05) is 0 Å². The fourth-order valence-electron chi connectivity index (χ4n) is 2.01. The van der Waals surface area contributed by atoms with E-state index in [4.69, 9.17) is 9.84 Å². The Morgan fingerprint density at radius 1 is 1.59 bits per heavy atom. The first-order valence-corrected chi connectivity index (χ1v) is 5.86. The molecule has 1 aliphatic heterocycles. The Hall–Kier alpha value is -1.33. The first-order chi connectivity index (χ1) is 8.24. The van der Waals surface area contributed by atoms with Crippen LogP contribution in [0.25, 0.3) is 0 Å². The van der Waals surface area contributed by atoms with Gasteiger partial charge in [-0.15, -0.1) is 0 Å². The molecule has 2 rings (SSSR count). The van der Waals surface area contributed by atoms with E-state index in [2.05, 4.69) is 28.2 Å². The minimum Gasteiger partial charge on any atom is -0.394 e. The van der Waals surface area contributed by atoms with Crippen LogP contribution in [0.5, 0.6) is 0 Å². The van der Waals surface area contributed by atoms with Gasteiger partial charge in [0.05, 0.1) is 43.1 Å². The van der Waals surface area contributed by atoms with Crippen LogP contribution in [0, 0.1) is 0 Å². The van der Waals surface area contributed by atoms with Crippen LogP contribution in [-0.2, 0) is 4.74 Å². The number of anilines is 2. The number of aliphatic hydroxyl groups excluding tert-OH is 1. The van der Waals surface area contributed by atoms with Crippen molar-refractivity contribution in [3.63, 3.8) is 0 Å². The number of ether oxygens (including phenoxy) is 1. The largest absolute Gasteiger partial charge is 0.394 e. The van der Waals surface area contributed by atoms with Crippen molar-refractivity contribution in [2.75, 3.05) is 37.0 Å². The Kier molecular flexibility index (Phi) is 3.81. The zero-order valence-corrected chi connectivity index (χ0v) is 10.3. The summed E-state index contributed by atoms with van der Waals surface area (Å²) < 4.78 is 5.52. The summed E-state index contributed by atoms with van der Waals surface area (Å²) in [4.78, 5) is 6.43. The van der Waals surface area contributed by atoms with Crippen molar-refractivity contribution in [2.45, 2.75) is 19.1 Å². The second kappa shape index (κ2) is 5.33. The van der Waals surface area contributed by atoms with Crippen molar-refractivity contribution >= 4 is 11.4 Å². The predicted molar refractivity (Wildman–Crippen MR) is 67.4 cm³/mol. The maximum atomic E-state index is 9.16. The van der Waals surface area contributed by atoms with E-state index in [1.807, 2.05) is 13.2 Å². The molecule has 5 heteroatoms. The quantitative estimate of drug-likeness (QED) is 0.811. The van der Waals surface area contributed by atoms with E-state index in [-0.39, 0.29) is 12.7 Å². The van der Waals surface area contributed by atoms with Crippen LogP contribution in [0.1, 0.15) is 6.92 Å². The van der Waals surface area contributed by atoms with Gasteiger partial charge in [0.15, 0.2) is 0 Å². The molecule has 1 aliphatic rings. The van der Waals surface area contributed by atoms with Crippen molar-refractivity contribution in [1.29, 1.82) is 0 Å². The number of morpholine rings is 1. The van der Waals surface area contributed by atoms with E-state index in [9.17, 15) is 0 Å². The number of hydrogen-bond donors (Lipinski definition) is 2. The number of nitrogens with one attached hydrogen (secondary N) is 1. The fourth-order valence-corrected chi connectivity index (χ4v) is 2.01. The third kappa shape index (κ3) is 2.68. The summed E-state index contributed by atoms with van der Waals surface area (Å²) in [5.74, 6) is 0. The molecule has 17 heavy (non-hydrogen) atoms. The number of pyridine rings is 1. The molecule has 0 aromatic carbocycles. The summed E-state index contributed by atoms with van der Waals surface area (Å²) in [5.41, 5.74) is 2.05. The number of rotatable bonds is 3. The molecule has 1 saturated heterocycles. The van der Waals surface area contributed by atoms with E-state index >= 15 is 0 Å². The summed E-state index contributed by atoms with van der Waals surface area (Å²) in [6.07, 6.45) is 3.53. The van der Waals surface area contributed by atoms with Gasteiger partial charge < -0.3 is 20.1 Å². The molecule has 0 aliphatic carbocycles. The summed E-state index contributed by atoms with van der Waals surface area (Å²) in [6.45, 7) is 3.50. The van der Waals surface area contributed by atoms with E-state index < -0.39 is 0 Å². The average molecular weight is 237 g/mol. The van der Waals surface area contributed by atoms with Crippen LogP contribution in [0.2, 0.25) is 0 Å². The Morgan fingerprint density at radius 3 is 3.12 bits per heavy atom. The summed E-state index contributed by atoms with van der Waals surface area (Å²) >= 11 is 0. The molecule has 2 heterocycles. The first-order valence-electron chi connectivity index (χ1n) is 5.86. The van der Waals surface area contributed by atoms with Crippen molar-refractivity contribution < 1.29 is 9.84 Å². The Balaban J connectivity index is 2.18. The summed E-state index contributed by atoms with van der Waals surface area (Å²) in [6, 6.07) is 2.36. The SMILES string of the molecule is CNc1cncc(N2CC(CO)OCC2C)c1. The lowest BCUT2D eigenvalue weighted by Gasteiger charge is -2.39. The van der Waals surface area contributed by atoms with E-state index in [0.29, 0.717) is 19.2 Å². The smallest absolute Gasteiger partial charge is 0.0981 e. The molecule has 0 spiro atoms. The molecule has 2 N–H and O–H groups in total. The first kappa shape index (κ1) is 12.1.